The molecule has 0 spiro atoms. The molecule has 0 bridgehead atoms. The molecule has 1 amide bonds. The molecule has 0 heterocycles. The largest absolute Gasteiger partial charge is 0.519 e. The van der Waals surface area contributed by atoms with Crippen molar-refractivity contribution in [1.82, 2.24) is 0 Å². The van der Waals surface area contributed by atoms with E-state index in [0.717, 1.165) is 0 Å². The third-order valence-electron chi connectivity index (χ3n) is 0.735. The molecule has 0 aromatic carbocycles. The van der Waals surface area contributed by atoms with Crippen molar-refractivity contribution in [2.75, 3.05) is 0 Å². The third-order valence-corrected chi connectivity index (χ3v) is 3.37. The summed E-state index contributed by atoms with van der Waals surface area (Å²) in [5, 5.41) is -2.40. The molecule has 0 saturated carbocycles. The van der Waals surface area contributed by atoms with Crippen molar-refractivity contribution >= 4 is 25.4 Å². The highest BCUT2D eigenvalue weighted by molar-refractivity contribution is 8.09. The lowest BCUT2D eigenvalue weighted by molar-refractivity contribution is -0.0434. The Balaban J connectivity index is 5.67. The highest BCUT2D eigenvalue weighted by Crippen LogP contribution is 2.26. The van der Waals surface area contributed by atoms with Crippen LogP contribution in [0.5, 0.6) is 0 Å². The Morgan fingerprint density at radius 1 is 1.21 bits per heavy atom. The molecule has 0 aliphatic heterocycles. The van der Waals surface area contributed by atoms with Gasteiger partial charge in [0.25, 0.3) is 10.1 Å². The molecule has 0 aromatic heterocycles. The van der Waals surface area contributed by atoms with E-state index in [0.29, 0.717) is 0 Å². The van der Waals surface area contributed by atoms with Crippen LogP contribution in [0.2, 0.25) is 0 Å². The van der Waals surface area contributed by atoms with Gasteiger partial charge in [0.15, 0.2) is 0 Å². The zero-order chi connectivity index (χ0) is 11.8. The molecule has 0 radical (unpaired) electrons. The number of rotatable bonds is 1. The van der Waals surface area contributed by atoms with Crippen LogP contribution in [-0.4, -0.2) is 23.4 Å². The van der Waals surface area contributed by atoms with Gasteiger partial charge in [0.2, 0.25) is 0 Å². The second-order valence-electron chi connectivity index (χ2n) is 1.77. The van der Waals surface area contributed by atoms with Crippen molar-refractivity contribution in [1.29, 1.82) is 0 Å². The monoisotopic (exact) mass is 258 g/mol. The molecule has 0 aliphatic rings. The van der Waals surface area contributed by atoms with Crippen LogP contribution in [0.1, 0.15) is 0 Å². The summed E-state index contributed by atoms with van der Waals surface area (Å²) in [6, 6.07) is 0. The first-order valence-corrected chi connectivity index (χ1v) is 5.34. The molecular formula is C2H2F4N2O4S2. The number of nitrogens with zero attached hydrogens (tertiary/aromatic N) is 1. The molecule has 1 unspecified atom stereocenters. The highest BCUT2D eigenvalue weighted by atomic mass is 32.3. The summed E-state index contributed by atoms with van der Waals surface area (Å²) in [4.78, 5) is 9.87. The zero-order valence-corrected chi connectivity index (χ0v) is 7.62. The summed E-state index contributed by atoms with van der Waals surface area (Å²) in [5.74, 6) is 0. The Bertz CT molecular complexity index is 454. The second kappa shape index (κ2) is 3.34. The molecular weight excluding hydrogens is 256 g/mol. The van der Waals surface area contributed by atoms with Crippen molar-refractivity contribution in [2.45, 2.75) is 5.51 Å². The average molecular weight is 258 g/mol. The maximum Gasteiger partial charge on any atom is 0.519 e. The molecule has 12 heteroatoms. The summed E-state index contributed by atoms with van der Waals surface area (Å²) in [6.45, 7) is 0. The summed E-state index contributed by atoms with van der Waals surface area (Å²) in [6.07, 6.45) is 0. The number of nitrogens with two attached hydrogens (primary N) is 1. The summed E-state index contributed by atoms with van der Waals surface area (Å²) in [7, 11) is -12.1. The van der Waals surface area contributed by atoms with Gasteiger partial charge in [0.1, 0.15) is 0 Å². The number of alkyl halides is 3. The Hall–Kier alpha value is -0.910. The van der Waals surface area contributed by atoms with Gasteiger partial charge < -0.3 is 5.73 Å². The van der Waals surface area contributed by atoms with Gasteiger partial charge in [-0.1, -0.05) is 3.77 Å². The van der Waals surface area contributed by atoms with Crippen molar-refractivity contribution in [3.05, 3.63) is 0 Å². The van der Waals surface area contributed by atoms with Gasteiger partial charge in [0, 0.05) is 0 Å². The van der Waals surface area contributed by atoms with Gasteiger partial charge in [-0.15, -0.1) is 3.89 Å². The van der Waals surface area contributed by atoms with E-state index in [-0.39, 0.29) is 0 Å². The van der Waals surface area contributed by atoms with Crippen LogP contribution in [-0.2, 0) is 20.1 Å². The molecule has 0 rings (SSSR count). The van der Waals surface area contributed by atoms with Crippen LogP contribution in [0.15, 0.2) is 3.77 Å². The zero-order valence-electron chi connectivity index (χ0n) is 5.99. The first-order chi connectivity index (χ1) is 5.90. The summed E-state index contributed by atoms with van der Waals surface area (Å²) < 4.78 is 78.3. The number of hydrogen-bond acceptors (Lipinski definition) is 4. The molecule has 1 atom stereocenters. The number of carbonyl (C=O) groups is 1. The van der Waals surface area contributed by atoms with Crippen LogP contribution >= 0.6 is 0 Å². The lowest BCUT2D eigenvalue weighted by Crippen LogP contribution is -2.25. The first kappa shape index (κ1) is 13.1. The van der Waals surface area contributed by atoms with Gasteiger partial charge >= 0.3 is 20.8 Å². The van der Waals surface area contributed by atoms with Crippen LogP contribution in [0.25, 0.3) is 0 Å². The van der Waals surface area contributed by atoms with Gasteiger partial charge in [0.05, 0.1) is 0 Å². The van der Waals surface area contributed by atoms with E-state index in [1.165, 1.54) is 3.77 Å². The Morgan fingerprint density at radius 2 is 1.57 bits per heavy atom. The molecule has 0 aliphatic carbocycles. The average Bonchev–Trinajstić information content (AvgIpc) is 1.80. The Kier molecular flexibility index (Phi) is 3.13. The normalized spacial score (nSPS) is 17.1. The Morgan fingerprint density at radius 3 is 1.79 bits per heavy atom. The van der Waals surface area contributed by atoms with E-state index < -0.39 is 30.9 Å². The van der Waals surface area contributed by atoms with E-state index in [1.807, 2.05) is 0 Å². The van der Waals surface area contributed by atoms with Gasteiger partial charge in [-0.05, 0) is 0 Å². The van der Waals surface area contributed by atoms with Gasteiger partial charge in [-0.2, -0.15) is 21.6 Å². The molecule has 14 heavy (non-hydrogen) atoms. The second-order valence-corrected chi connectivity index (χ2v) is 5.10. The molecule has 0 saturated heterocycles. The van der Waals surface area contributed by atoms with Crippen molar-refractivity contribution in [3.8, 4) is 0 Å². The van der Waals surface area contributed by atoms with Gasteiger partial charge in [-0.25, -0.2) is 4.21 Å². The van der Waals surface area contributed by atoms with E-state index >= 15 is 0 Å². The lowest BCUT2D eigenvalue weighted by atomic mass is 11.5. The first-order valence-electron chi connectivity index (χ1n) is 2.49. The fourth-order valence-corrected chi connectivity index (χ4v) is 1.85. The van der Waals surface area contributed by atoms with Crippen molar-refractivity contribution in [2.24, 2.45) is 9.50 Å². The SMILES string of the molecule is NC(=O)S(=O)(F)=NS(=O)(=O)C(F)(F)F. The molecule has 84 valence electrons. The van der Waals surface area contributed by atoms with E-state index in [1.54, 1.807) is 0 Å². The predicted molar refractivity (Wildman–Crippen MR) is 36.2 cm³/mol. The van der Waals surface area contributed by atoms with Gasteiger partial charge in [-0.3, -0.25) is 4.79 Å². The number of primary amides is 1. The maximum absolute atomic E-state index is 12.2. The molecule has 2 N–H and O–H groups in total. The van der Waals surface area contributed by atoms with Crippen LogP contribution < -0.4 is 5.73 Å². The fourth-order valence-electron chi connectivity index (χ4n) is 0.205. The predicted octanol–water partition coefficient (Wildman–Crippen LogP) is 0.267. The minimum absolute atomic E-state index is 1.25. The standard InChI is InChI=1S/C2H2F4N2O4S2/c3-2(4,5)14(11,12)8-13(6,10)1(7)9/h(H2,7,9). The smallest absolute Gasteiger partial charge is 0.355 e. The topological polar surface area (TPSA) is 107 Å². The molecule has 0 aromatic rings. The van der Waals surface area contributed by atoms with Crippen LogP contribution in [0.4, 0.5) is 21.9 Å². The fraction of sp³-hybridized carbons (Fsp3) is 0.500. The number of hydrogen-bond donors (Lipinski definition) is 1. The van der Waals surface area contributed by atoms with E-state index in [2.05, 4.69) is 5.73 Å². The van der Waals surface area contributed by atoms with Crippen molar-refractivity contribution < 1.29 is 34.5 Å². The molecule has 6 nitrogen and oxygen atoms in total. The highest BCUT2D eigenvalue weighted by Gasteiger charge is 2.48. The van der Waals surface area contributed by atoms with E-state index in [4.69, 9.17) is 0 Å². The Labute approximate surface area is 75.6 Å². The van der Waals surface area contributed by atoms with E-state index in [9.17, 15) is 34.5 Å². The maximum atomic E-state index is 12.2. The van der Waals surface area contributed by atoms with Crippen molar-refractivity contribution in [3.63, 3.8) is 0 Å². The number of amides is 1. The minimum Gasteiger partial charge on any atom is -0.355 e. The summed E-state index contributed by atoms with van der Waals surface area (Å²) in [5.41, 5.74) is -1.93. The van der Waals surface area contributed by atoms with Crippen LogP contribution in [0.3, 0.4) is 0 Å². The number of halogens is 4. The minimum atomic E-state index is -6.33. The lowest BCUT2D eigenvalue weighted by Gasteiger charge is -2.01. The number of sulfonamides is 1. The third kappa shape index (κ3) is 2.80. The molecule has 0 fully saturated rings. The quantitative estimate of drug-likeness (QED) is 0.538. The summed E-state index contributed by atoms with van der Waals surface area (Å²) >= 11 is 0. The van der Waals surface area contributed by atoms with Crippen LogP contribution in [0, 0.1) is 0 Å². The number of carbonyl (C=O) groups excluding carboxylic acids is 1.